The van der Waals surface area contributed by atoms with Gasteiger partial charge in [0.05, 0.1) is 22.0 Å². The van der Waals surface area contributed by atoms with Crippen molar-refractivity contribution in [1.82, 2.24) is 9.80 Å². The molecule has 2 heterocycles. The van der Waals surface area contributed by atoms with Gasteiger partial charge in [0.15, 0.2) is 0 Å². The fourth-order valence-corrected chi connectivity index (χ4v) is 6.07. The number of hydrogen-bond donors (Lipinski definition) is 0. The van der Waals surface area contributed by atoms with Crippen molar-refractivity contribution in [3.8, 4) is 11.5 Å². The monoisotopic (exact) mass is 478 g/mol. The van der Waals surface area contributed by atoms with Gasteiger partial charge in [-0.3, -0.25) is 9.69 Å². The number of ether oxygens (including phenoxy) is 1. The standard InChI is InChI=1S/C24H28Cl2N2O2S/c1-3-22(27-12-5-4-7-16(27)2)28-23(29)15-31-24(28)17-8-6-9-18(13-17)30-19-10-11-20(25)21(26)14-19/h6,8-11,13-14,16,22,24H,3-5,7,12,15H2,1-2H3. The van der Waals surface area contributed by atoms with Gasteiger partial charge in [-0.15, -0.1) is 11.8 Å². The van der Waals surface area contributed by atoms with Crippen LogP contribution in [0.15, 0.2) is 42.5 Å². The number of likely N-dealkylation sites (tertiary alicyclic amines) is 1. The first-order valence-electron chi connectivity index (χ1n) is 10.9. The molecule has 7 heteroatoms. The first-order valence-corrected chi connectivity index (χ1v) is 12.7. The average molecular weight is 479 g/mol. The second kappa shape index (κ2) is 10.0. The van der Waals surface area contributed by atoms with E-state index in [1.165, 1.54) is 19.3 Å². The SMILES string of the molecule is CCC(N1CCCCC1C)N1C(=O)CSC1c1cccc(Oc2ccc(Cl)c(Cl)c2)c1. The number of carbonyl (C=O) groups is 1. The van der Waals surface area contributed by atoms with Crippen LogP contribution < -0.4 is 4.74 Å². The van der Waals surface area contributed by atoms with E-state index in [1.807, 2.05) is 18.2 Å². The maximum Gasteiger partial charge on any atom is 0.235 e. The summed E-state index contributed by atoms with van der Waals surface area (Å²) in [7, 11) is 0. The van der Waals surface area contributed by atoms with Crippen molar-refractivity contribution in [2.24, 2.45) is 0 Å². The Morgan fingerprint density at radius 1 is 1.13 bits per heavy atom. The predicted molar refractivity (Wildman–Crippen MR) is 129 cm³/mol. The summed E-state index contributed by atoms with van der Waals surface area (Å²) in [6.45, 7) is 5.53. The maximum atomic E-state index is 13.0. The van der Waals surface area contributed by atoms with Gasteiger partial charge in [-0.05, 0) is 56.0 Å². The van der Waals surface area contributed by atoms with E-state index in [4.69, 9.17) is 27.9 Å². The Kier molecular flexibility index (Phi) is 7.37. The Labute approximate surface area is 198 Å². The van der Waals surface area contributed by atoms with Crippen LogP contribution in [-0.4, -0.2) is 40.2 Å². The van der Waals surface area contributed by atoms with Crippen LogP contribution in [0.2, 0.25) is 10.0 Å². The molecule has 0 aromatic heterocycles. The smallest absolute Gasteiger partial charge is 0.235 e. The Balaban J connectivity index is 1.58. The quantitative estimate of drug-likeness (QED) is 0.448. The molecule has 0 aliphatic carbocycles. The Morgan fingerprint density at radius 3 is 2.68 bits per heavy atom. The Morgan fingerprint density at radius 2 is 1.94 bits per heavy atom. The molecule has 2 aliphatic rings. The molecule has 2 aromatic carbocycles. The van der Waals surface area contributed by atoms with E-state index in [1.54, 1.807) is 30.0 Å². The van der Waals surface area contributed by atoms with E-state index < -0.39 is 0 Å². The first kappa shape index (κ1) is 22.8. The molecular formula is C24H28Cl2N2O2S. The topological polar surface area (TPSA) is 32.8 Å². The molecule has 3 atom stereocenters. The summed E-state index contributed by atoms with van der Waals surface area (Å²) in [6.07, 6.45) is 4.72. The van der Waals surface area contributed by atoms with Crippen molar-refractivity contribution in [2.45, 2.75) is 57.1 Å². The summed E-state index contributed by atoms with van der Waals surface area (Å²) < 4.78 is 6.03. The third-order valence-corrected chi connectivity index (χ3v) is 8.07. The molecule has 4 nitrogen and oxygen atoms in total. The summed E-state index contributed by atoms with van der Waals surface area (Å²) in [4.78, 5) is 17.6. The van der Waals surface area contributed by atoms with Crippen molar-refractivity contribution < 1.29 is 9.53 Å². The lowest BCUT2D eigenvalue weighted by Crippen LogP contribution is -2.54. The minimum absolute atomic E-state index is 0.0102. The number of amides is 1. The molecule has 31 heavy (non-hydrogen) atoms. The zero-order valence-corrected chi connectivity index (χ0v) is 20.2. The van der Waals surface area contributed by atoms with Crippen LogP contribution in [0.1, 0.15) is 50.5 Å². The van der Waals surface area contributed by atoms with E-state index in [0.29, 0.717) is 27.6 Å². The minimum Gasteiger partial charge on any atom is -0.457 e. The van der Waals surface area contributed by atoms with Crippen LogP contribution in [0, 0.1) is 0 Å². The van der Waals surface area contributed by atoms with Crippen LogP contribution in [0.4, 0.5) is 0 Å². The molecular weight excluding hydrogens is 451 g/mol. The number of rotatable bonds is 6. The highest BCUT2D eigenvalue weighted by molar-refractivity contribution is 8.00. The number of halogens is 2. The molecule has 2 fully saturated rings. The van der Waals surface area contributed by atoms with Crippen LogP contribution in [0.25, 0.3) is 0 Å². The van der Waals surface area contributed by atoms with E-state index in [2.05, 4.69) is 29.7 Å². The lowest BCUT2D eigenvalue weighted by molar-refractivity contribution is -0.136. The third kappa shape index (κ3) is 5.00. The molecule has 2 aliphatic heterocycles. The normalized spacial score (nSPS) is 23.2. The summed E-state index contributed by atoms with van der Waals surface area (Å²) >= 11 is 13.8. The second-order valence-corrected chi connectivity index (χ2v) is 10.1. The van der Waals surface area contributed by atoms with Gasteiger partial charge in [-0.1, -0.05) is 48.7 Å². The molecule has 1 amide bonds. The lowest BCUT2D eigenvalue weighted by Gasteiger charge is -2.45. The summed E-state index contributed by atoms with van der Waals surface area (Å²) in [5, 5.41) is 0.945. The van der Waals surface area contributed by atoms with Crippen molar-refractivity contribution in [3.05, 3.63) is 58.1 Å². The Bertz CT molecular complexity index is 942. The van der Waals surface area contributed by atoms with Crippen molar-refractivity contribution in [3.63, 3.8) is 0 Å². The molecule has 166 valence electrons. The van der Waals surface area contributed by atoms with E-state index >= 15 is 0 Å². The summed E-state index contributed by atoms with van der Waals surface area (Å²) in [6, 6.07) is 13.7. The largest absolute Gasteiger partial charge is 0.457 e. The van der Waals surface area contributed by atoms with Crippen LogP contribution in [0.5, 0.6) is 11.5 Å². The summed E-state index contributed by atoms with van der Waals surface area (Å²) in [5.74, 6) is 2.08. The van der Waals surface area contributed by atoms with E-state index in [9.17, 15) is 4.79 Å². The van der Waals surface area contributed by atoms with Crippen molar-refractivity contribution in [1.29, 1.82) is 0 Å². The fraction of sp³-hybridized carbons (Fsp3) is 0.458. The first-order chi connectivity index (χ1) is 15.0. The molecule has 0 spiro atoms. The van der Waals surface area contributed by atoms with Gasteiger partial charge in [0.2, 0.25) is 5.91 Å². The molecule has 0 bridgehead atoms. The van der Waals surface area contributed by atoms with Gasteiger partial charge < -0.3 is 9.64 Å². The molecule has 0 radical (unpaired) electrons. The van der Waals surface area contributed by atoms with Gasteiger partial charge in [-0.2, -0.15) is 0 Å². The minimum atomic E-state index is -0.0102. The third-order valence-electron chi connectivity index (χ3n) is 6.10. The van der Waals surface area contributed by atoms with Gasteiger partial charge in [0.1, 0.15) is 16.9 Å². The van der Waals surface area contributed by atoms with Gasteiger partial charge in [0.25, 0.3) is 0 Å². The lowest BCUT2D eigenvalue weighted by atomic mass is 10.0. The van der Waals surface area contributed by atoms with Crippen molar-refractivity contribution >= 4 is 40.9 Å². The van der Waals surface area contributed by atoms with Crippen molar-refractivity contribution in [2.75, 3.05) is 12.3 Å². The van der Waals surface area contributed by atoms with Gasteiger partial charge in [-0.25, -0.2) is 0 Å². The van der Waals surface area contributed by atoms with Gasteiger partial charge in [0, 0.05) is 18.7 Å². The maximum absolute atomic E-state index is 13.0. The number of hydrogen-bond acceptors (Lipinski definition) is 4. The fourth-order valence-electron chi connectivity index (χ4n) is 4.58. The highest BCUT2D eigenvalue weighted by atomic mass is 35.5. The Hall–Kier alpha value is -1.40. The predicted octanol–water partition coefficient (Wildman–Crippen LogP) is 6.97. The highest BCUT2D eigenvalue weighted by Gasteiger charge is 2.41. The molecule has 3 unspecified atom stereocenters. The van der Waals surface area contributed by atoms with E-state index in [0.717, 1.165) is 24.3 Å². The number of thioether (sulfide) groups is 1. The van der Waals surface area contributed by atoms with Crippen LogP contribution in [-0.2, 0) is 4.79 Å². The second-order valence-electron chi connectivity index (χ2n) is 8.19. The highest BCUT2D eigenvalue weighted by Crippen LogP contribution is 2.43. The zero-order valence-electron chi connectivity index (χ0n) is 17.9. The molecule has 4 rings (SSSR count). The number of nitrogens with zero attached hydrogens (tertiary/aromatic N) is 2. The number of carbonyl (C=O) groups excluding carboxylic acids is 1. The van der Waals surface area contributed by atoms with Crippen LogP contribution >= 0.6 is 35.0 Å². The molecule has 0 N–H and O–H groups in total. The molecule has 0 saturated carbocycles. The van der Waals surface area contributed by atoms with Gasteiger partial charge >= 0.3 is 0 Å². The number of benzene rings is 2. The molecule has 2 saturated heterocycles. The van der Waals surface area contributed by atoms with E-state index in [-0.39, 0.29) is 17.4 Å². The molecule has 2 aromatic rings. The summed E-state index contributed by atoms with van der Waals surface area (Å²) in [5.41, 5.74) is 1.08. The zero-order chi connectivity index (χ0) is 22.0. The van der Waals surface area contributed by atoms with Crippen LogP contribution in [0.3, 0.4) is 0 Å². The number of piperidine rings is 1. The average Bonchev–Trinajstić information content (AvgIpc) is 3.14.